The van der Waals surface area contributed by atoms with Crippen LogP contribution in [0.2, 0.25) is 0 Å². The van der Waals surface area contributed by atoms with Gasteiger partial charge in [-0.3, -0.25) is 4.68 Å². The second-order valence-corrected chi connectivity index (χ2v) is 4.09. The lowest BCUT2D eigenvalue weighted by Crippen LogP contribution is -2.01. The summed E-state index contributed by atoms with van der Waals surface area (Å²) >= 11 is 0. The zero-order valence-corrected chi connectivity index (χ0v) is 11.0. The molecule has 2 aromatic rings. The minimum Gasteiger partial charge on any atom is -0.495 e. The molecule has 0 amide bonds. The molecule has 0 aliphatic rings. The maximum atomic E-state index is 8.98. The number of rotatable bonds is 5. The Labute approximate surface area is 112 Å². The Morgan fingerprint density at radius 2 is 2.26 bits per heavy atom. The molecule has 19 heavy (non-hydrogen) atoms. The maximum Gasteiger partial charge on any atom is 0.136 e. The predicted molar refractivity (Wildman–Crippen MR) is 70.1 cm³/mol. The number of hydrogen-bond acceptors (Lipinski definition) is 4. The van der Waals surface area contributed by atoms with Crippen LogP contribution in [0.15, 0.2) is 30.6 Å². The third-order valence-corrected chi connectivity index (χ3v) is 2.71. The van der Waals surface area contributed by atoms with E-state index in [-0.39, 0.29) is 0 Å². The Morgan fingerprint density at radius 1 is 1.42 bits per heavy atom. The van der Waals surface area contributed by atoms with Gasteiger partial charge in [0.15, 0.2) is 0 Å². The minimum atomic E-state index is 0.473. The van der Waals surface area contributed by atoms with Crippen molar-refractivity contribution in [2.45, 2.75) is 6.42 Å². The van der Waals surface area contributed by atoms with Gasteiger partial charge in [-0.15, -0.1) is 0 Å². The Bertz CT molecular complexity index is 599. The predicted octanol–water partition coefficient (Wildman–Crippen LogP) is 1.92. The van der Waals surface area contributed by atoms with Crippen molar-refractivity contribution in [2.24, 2.45) is 7.05 Å². The molecule has 0 spiro atoms. The first kappa shape index (κ1) is 13.0. The van der Waals surface area contributed by atoms with Gasteiger partial charge in [-0.05, 0) is 17.7 Å². The van der Waals surface area contributed by atoms with Gasteiger partial charge in [0.1, 0.15) is 17.6 Å². The van der Waals surface area contributed by atoms with Gasteiger partial charge in [-0.2, -0.15) is 10.4 Å². The third kappa shape index (κ3) is 3.26. The van der Waals surface area contributed by atoms with Crippen LogP contribution in [0.4, 0.5) is 0 Å². The molecule has 98 valence electrons. The van der Waals surface area contributed by atoms with Crippen molar-refractivity contribution >= 4 is 0 Å². The van der Waals surface area contributed by atoms with E-state index in [1.165, 1.54) is 0 Å². The van der Waals surface area contributed by atoms with Crippen LogP contribution in [0, 0.1) is 11.3 Å². The van der Waals surface area contributed by atoms with Crippen molar-refractivity contribution in [3.8, 4) is 17.6 Å². The highest BCUT2D eigenvalue weighted by molar-refractivity contribution is 5.47. The van der Waals surface area contributed by atoms with E-state index < -0.39 is 0 Å². The number of hydrogen-bond donors (Lipinski definition) is 0. The lowest BCUT2D eigenvalue weighted by Gasteiger charge is -2.07. The molecule has 0 saturated heterocycles. The van der Waals surface area contributed by atoms with Crippen LogP contribution in [0.1, 0.15) is 11.1 Å². The minimum absolute atomic E-state index is 0.473. The van der Waals surface area contributed by atoms with Crippen LogP contribution in [-0.2, 0) is 13.5 Å². The van der Waals surface area contributed by atoms with Gasteiger partial charge < -0.3 is 9.47 Å². The number of aromatic nitrogens is 2. The summed E-state index contributed by atoms with van der Waals surface area (Å²) in [4.78, 5) is 0. The molecule has 0 aliphatic heterocycles. The summed E-state index contributed by atoms with van der Waals surface area (Å²) in [6.45, 7) is 0.545. The fourth-order valence-electron chi connectivity index (χ4n) is 1.75. The van der Waals surface area contributed by atoms with Crippen molar-refractivity contribution in [3.05, 3.63) is 41.7 Å². The summed E-state index contributed by atoms with van der Waals surface area (Å²) in [5.41, 5.74) is 1.60. The highest BCUT2D eigenvalue weighted by atomic mass is 16.5. The van der Waals surface area contributed by atoms with E-state index in [4.69, 9.17) is 14.7 Å². The molecule has 0 bridgehead atoms. The van der Waals surface area contributed by atoms with Gasteiger partial charge >= 0.3 is 0 Å². The van der Waals surface area contributed by atoms with Crippen molar-refractivity contribution in [1.29, 1.82) is 5.26 Å². The molecule has 5 nitrogen and oxygen atoms in total. The lowest BCUT2D eigenvalue weighted by atomic mass is 10.2. The van der Waals surface area contributed by atoms with Gasteiger partial charge in [-0.25, -0.2) is 0 Å². The van der Waals surface area contributed by atoms with Crippen molar-refractivity contribution in [3.63, 3.8) is 0 Å². The summed E-state index contributed by atoms with van der Waals surface area (Å²) in [7, 11) is 3.42. The largest absolute Gasteiger partial charge is 0.495 e. The van der Waals surface area contributed by atoms with E-state index in [1.54, 1.807) is 30.0 Å². The quantitative estimate of drug-likeness (QED) is 0.821. The smallest absolute Gasteiger partial charge is 0.136 e. The topological polar surface area (TPSA) is 60.1 Å². The highest BCUT2D eigenvalue weighted by Gasteiger charge is 2.04. The Balaban J connectivity index is 1.95. The molecule has 2 rings (SSSR count). The first-order valence-electron chi connectivity index (χ1n) is 5.91. The zero-order chi connectivity index (χ0) is 13.7. The molecule has 1 aromatic heterocycles. The molecule has 0 unspecified atom stereocenters. The van der Waals surface area contributed by atoms with Crippen LogP contribution in [0.5, 0.6) is 11.5 Å². The second-order valence-electron chi connectivity index (χ2n) is 4.09. The molecule has 1 aromatic carbocycles. The Kier molecular flexibility index (Phi) is 4.04. The van der Waals surface area contributed by atoms with E-state index in [2.05, 4.69) is 11.2 Å². The zero-order valence-electron chi connectivity index (χ0n) is 11.0. The molecular formula is C14H15N3O2. The molecule has 0 N–H and O–H groups in total. The maximum absolute atomic E-state index is 8.98. The second kappa shape index (κ2) is 5.91. The van der Waals surface area contributed by atoms with E-state index in [0.717, 1.165) is 12.0 Å². The molecule has 0 saturated carbocycles. The normalized spacial score (nSPS) is 9.95. The van der Waals surface area contributed by atoms with Gasteiger partial charge in [0.2, 0.25) is 0 Å². The van der Waals surface area contributed by atoms with Gasteiger partial charge in [0.25, 0.3) is 0 Å². The highest BCUT2D eigenvalue weighted by Crippen LogP contribution is 2.23. The monoisotopic (exact) mass is 257 g/mol. The molecule has 0 radical (unpaired) electrons. The standard InChI is InChI=1S/C14H15N3O2/c1-17-10-11(9-16-17)5-6-19-13-3-4-14(18-2)12(7-13)8-15/h3-4,7,9-10H,5-6H2,1-2H3. The van der Waals surface area contributed by atoms with Crippen molar-refractivity contribution < 1.29 is 9.47 Å². The van der Waals surface area contributed by atoms with Crippen LogP contribution in [0.25, 0.3) is 0 Å². The van der Waals surface area contributed by atoms with Crippen LogP contribution in [-0.4, -0.2) is 23.5 Å². The van der Waals surface area contributed by atoms with Crippen molar-refractivity contribution in [1.82, 2.24) is 9.78 Å². The van der Waals surface area contributed by atoms with Crippen LogP contribution >= 0.6 is 0 Å². The number of benzene rings is 1. The first-order valence-corrected chi connectivity index (χ1v) is 5.91. The summed E-state index contributed by atoms with van der Waals surface area (Å²) in [5, 5.41) is 13.1. The Morgan fingerprint density at radius 3 is 2.89 bits per heavy atom. The fourth-order valence-corrected chi connectivity index (χ4v) is 1.75. The average molecular weight is 257 g/mol. The number of nitrogens with zero attached hydrogens (tertiary/aromatic N) is 3. The number of nitriles is 1. The number of aryl methyl sites for hydroxylation is 1. The van der Waals surface area contributed by atoms with Gasteiger partial charge in [0, 0.05) is 25.7 Å². The molecule has 0 atom stereocenters. The van der Waals surface area contributed by atoms with E-state index in [9.17, 15) is 0 Å². The SMILES string of the molecule is COc1ccc(OCCc2cnn(C)c2)cc1C#N. The lowest BCUT2D eigenvalue weighted by molar-refractivity contribution is 0.321. The Hall–Kier alpha value is -2.48. The molecular weight excluding hydrogens is 242 g/mol. The van der Waals surface area contributed by atoms with E-state index in [0.29, 0.717) is 23.7 Å². The molecule has 0 aliphatic carbocycles. The summed E-state index contributed by atoms with van der Waals surface area (Å²) in [6.07, 6.45) is 4.55. The molecule has 1 heterocycles. The van der Waals surface area contributed by atoms with Gasteiger partial charge in [0.05, 0.1) is 25.5 Å². The summed E-state index contributed by atoms with van der Waals surface area (Å²) in [6, 6.07) is 7.29. The van der Waals surface area contributed by atoms with E-state index in [1.807, 2.05) is 19.4 Å². The van der Waals surface area contributed by atoms with Gasteiger partial charge in [-0.1, -0.05) is 0 Å². The first-order chi connectivity index (χ1) is 9.22. The third-order valence-electron chi connectivity index (χ3n) is 2.71. The van der Waals surface area contributed by atoms with Crippen molar-refractivity contribution in [2.75, 3.05) is 13.7 Å². The van der Waals surface area contributed by atoms with E-state index >= 15 is 0 Å². The summed E-state index contributed by atoms with van der Waals surface area (Å²) in [5.74, 6) is 1.23. The van der Waals surface area contributed by atoms with Crippen LogP contribution < -0.4 is 9.47 Å². The number of ether oxygens (including phenoxy) is 2. The molecule has 5 heteroatoms. The average Bonchev–Trinajstić information content (AvgIpc) is 2.84. The summed E-state index contributed by atoms with van der Waals surface area (Å²) < 4.78 is 12.5. The fraction of sp³-hybridized carbons (Fsp3) is 0.286. The van der Waals surface area contributed by atoms with Crippen LogP contribution in [0.3, 0.4) is 0 Å². The molecule has 0 fully saturated rings. The number of methoxy groups -OCH3 is 1.